The van der Waals surface area contributed by atoms with Gasteiger partial charge in [-0.15, -0.1) is 11.3 Å². The van der Waals surface area contributed by atoms with Gasteiger partial charge in [-0.25, -0.2) is 4.98 Å². The van der Waals surface area contributed by atoms with Crippen LogP contribution >= 0.6 is 23.6 Å². The number of aromatic nitrogens is 4. The molecular formula is C10H14N4S2. The molecule has 2 heterocycles. The molecule has 0 aliphatic carbocycles. The molecule has 0 radical (unpaired) electrons. The second kappa shape index (κ2) is 4.47. The van der Waals surface area contributed by atoms with Crippen molar-refractivity contribution in [3.8, 4) is 0 Å². The highest BCUT2D eigenvalue weighted by Gasteiger charge is 2.12. The number of aromatic amines is 1. The quantitative estimate of drug-likeness (QED) is 0.857. The zero-order valence-electron chi connectivity index (χ0n) is 9.52. The van der Waals surface area contributed by atoms with Crippen LogP contribution in [0.3, 0.4) is 0 Å². The van der Waals surface area contributed by atoms with E-state index in [0.29, 0.717) is 10.7 Å². The highest BCUT2D eigenvalue weighted by Crippen LogP contribution is 2.18. The molecule has 0 amide bonds. The third-order valence-corrected chi connectivity index (χ3v) is 3.68. The largest absolute Gasteiger partial charge is 0.299 e. The first-order valence-electron chi connectivity index (χ1n) is 5.13. The molecule has 16 heavy (non-hydrogen) atoms. The summed E-state index contributed by atoms with van der Waals surface area (Å²) in [6.07, 6.45) is 0. The average Bonchev–Trinajstić information content (AvgIpc) is 2.76. The van der Waals surface area contributed by atoms with Crippen LogP contribution in [0.15, 0.2) is 5.51 Å². The summed E-state index contributed by atoms with van der Waals surface area (Å²) < 4.78 is 2.72. The minimum absolute atomic E-state index is 0.362. The molecule has 6 heteroatoms. The van der Waals surface area contributed by atoms with Gasteiger partial charge in [0.2, 0.25) is 0 Å². The third-order valence-electron chi connectivity index (χ3n) is 2.45. The van der Waals surface area contributed by atoms with Gasteiger partial charge in [-0.1, -0.05) is 13.8 Å². The second-order valence-electron chi connectivity index (χ2n) is 3.99. The van der Waals surface area contributed by atoms with Crippen molar-refractivity contribution < 1.29 is 0 Å². The standard InChI is InChI=1S/C10H14N4S2/c1-6(2)9-12-13-10(15)14(9)4-8-7(3)11-5-16-8/h5-6H,4H2,1-3H3,(H,13,15). The van der Waals surface area contributed by atoms with Gasteiger partial charge in [0.25, 0.3) is 0 Å². The van der Waals surface area contributed by atoms with Crippen molar-refractivity contribution in [2.24, 2.45) is 0 Å². The summed E-state index contributed by atoms with van der Waals surface area (Å²) in [5, 5.41) is 7.11. The minimum atomic E-state index is 0.362. The van der Waals surface area contributed by atoms with Crippen LogP contribution in [0.2, 0.25) is 0 Å². The van der Waals surface area contributed by atoms with E-state index in [9.17, 15) is 0 Å². The Hall–Kier alpha value is -1.01. The van der Waals surface area contributed by atoms with Gasteiger partial charge >= 0.3 is 0 Å². The van der Waals surface area contributed by atoms with Crippen molar-refractivity contribution in [1.29, 1.82) is 0 Å². The molecule has 0 aromatic carbocycles. The molecule has 0 fully saturated rings. The molecule has 0 bridgehead atoms. The Bertz CT molecular complexity index is 535. The van der Waals surface area contributed by atoms with Crippen molar-refractivity contribution in [1.82, 2.24) is 19.7 Å². The van der Waals surface area contributed by atoms with Gasteiger partial charge in [0.1, 0.15) is 5.82 Å². The van der Waals surface area contributed by atoms with E-state index in [-0.39, 0.29) is 0 Å². The fourth-order valence-corrected chi connectivity index (χ4v) is 2.51. The molecule has 0 aliphatic rings. The smallest absolute Gasteiger partial charge is 0.195 e. The number of aryl methyl sites for hydroxylation is 1. The molecule has 2 rings (SSSR count). The van der Waals surface area contributed by atoms with Crippen LogP contribution < -0.4 is 0 Å². The molecular weight excluding hydrogens is 240 g/mol. The van der Waals surface area contributed by atoms with Gasteiger partial charge in [0, 0.05) is 10.8 Å². The van der Waals surface area contributed by atoms with Gasteiger partial charge in [-0.05, 0) is 19.1 Å². The SMILES string of the molecule is Cc1ncsc1Cn1c(C(C)C)n[nH]c1=S. The number of nitrogens with one attached hydrogen (secondary N) is 1. The molecule has 0 saturated carbocycles. The van der Waals surface area contributed by atoms with Crippen molar-refractivity contribution in [3.05, 3.63) is 26.7 Å². The fraction of sp³-hybridized carbons (Fsp3) is 0.500. The van der Waals surface area contributed by atoms with E-state index in [1.54, 1.807) is 11.3 Å². The Morgan fingerprint density at radius 2 is 2.31 bits per heavy atom. The van der Waals surface area contributed by atoms with E-state index in [0.717, 1.165) is 18.1 Å². The molecule has 2 aromatic heterocycles. The summed E-state index contributed by atoms with van der Waals surface area (Å²) in [7, 11) is 0. The molecule has 0 unspecified atom stereocenters. The topological polar surface area (TPSA) is 46.5 Å². The fourth-order valence-electron chi connectivity index (χ4n) is 1.55. The first-order chi connectivity index (χ1) is 7.59. The lowest BCUT2D eigenvalue weighted by atomic mass is 10.2. The molecule has 0 saturated heterocycles. The summed E-state index contributed by atoms with van der Waals surface area (Å²) in [4.78, 5) is 5.48. The van der Waals surface area contributed by atoms with E-state index >= 15 is 0 Å². The van der Waals surface area contributed by atoms with Crippen LogP contribution in [0, 0.1) is 11.7 Å². The summed E-state index contributed by atoms with van der Waals surface area (Å²) in [6, 6.07) is 0. The first-order valence-corrected chi connectivity index (χ1v) is 6.42. The van der Waals surface area contributed by atoms with Crippen LogP contribution in [-0.2, 0) is 6.54 Å². The predicted octanol–water partition coefficient (Wildman–Crippen LogP) is 2.88. The maximum Gasteiger partial charge on any atom is 0.195 e. The van der Waals surface area contributed by atoms with E-state index in [2.05, 4.69) is 29.0 Å². The summed E-state index contributed by atoms with van der Waals surface area (Å²) >= 11 is 6.89. The van der Waals surface area contributed by atoms with Crippen LogP contribution in [0.5, 0.6) is 0 Å². The zero-order chi connectivity index (χ0) is 11.7. The van der Waals surface area contributed by atoms with E-state index in [1.807, 2.05) is 17.0 Å². The number of H-pyrrole nitrogens is 1. The van der Waals surface area contributed by atoms with Crippen molar-refractivity contribution >= 4 is 23.6 Å². The monoisotopic (exact) mass is 254 g/mol. The lowest BCUT2D eigenvalue weighted by Gasteiger charge is -2.07. The number of hydrogen-bond acceptors (Lipinski definition) is 4. The van der Waals surface area contributed by atoms with Crippen molar-refractivity contribution in [2.75, 3.05) is 0 Å². The van der Waals surface area contributed by atoms with E-state index in [1.165, 1.54) is 4.88 Å². The zero-order valence-corrected chi connectivity index (χ0v) is 11.2. The Labute approximate surface area is 103 Å². The van der Waals surface area contributed by atoms with Crippen LogP contribution in [0.4, 0.5) is 0 Å². The second-order valence-corrected chi connectivity index (χ2v) is 5.31. The molecule has 0 aliphatic heterocycles. The number of rotatable bonds is 3. The normalized spacial score (nSPS) is 11.2. The maximum atomic E-state index is 5.24. The van der Waals surface area contributed by atoms with E-state index < -0.39 is 0 Å². The third kappa shape index (κ3) is 2.08. The van der Waals surface area contributed by atoms with Gasteiger partial charge in [0.05, 0.1) is 17.7 Å². The number of thiazole rings is 1. The minimum Gasteiger partial charge on any atom is -0.299 e. The Morgan fingerprint density at radius 1 is 1.56 bits per heavy atom. The average molecular weight is 254 g/mol. The summed E-state index contributed by atoms with van der Waals surface area (Å²) in [6.45, 7) is 7.01. The Balaban J connectivity index is 2.38. The Kier molecular flexibility index (Phi) is 3.20. The Morgan fingerprint density at radius 3 is 2.88 bits per heavy atom. The first kappa shape index (κ1) is 11.5. The molecule has 1 N–H and O–H groups in total. The number of hydrogen-bond donors (Lipinski definition) is 1. The molecule has 4 nitrogen and oxygen atoms in total. The maximum absolute atomic E-state index is 5.24. The predicted molar refractivity (Wildman–Crippen MR) is 67.5 cm³/mol. The van der Waals surface area contributed by atoms with E-state index in [4.69, 9.17) is 12.2 Å². The molecule has 0 atom stereocenters. The van der Waals surface area contributed by atoms with Crippen molar-refractivity contribution in [2.45, 2.75) is 33.2 Å². The van der Waals surface area contributed by atoms with Gasteiger partial charge < -0.3 is 0 Å². The molecule has 86 valence electrons. The lowest BCUT2D eigenvalue weighted by molar-refractivity contribution is 0.667. The summed E-state index contributed by atoms with van der Waals surface area (Å²) in [5.41, 5.74) is 2.94. The highest BCUT2D eigenvalue weighted by atomic mass is 32.1. The van der Waals surface area contributed by atoms with Crippen LogP contribution in [0.25, 0.3) is 0 Å². The van der Waals surface area contributed by atoms with Crippen molar-refractivity contribution in [3.63, 3.8) is 0 Å². The highest BCUT2D eigenvalue weighted by molar-refractivity contribution is 7.71. The molecule has 2 aromatic rings. The van der Waals surface area contributed by atoms with Crippen LogP contribution in [0.1, 0.15) is 36.2 Å². The van der Waals surface area contributed by atoms with Crippen LogP contribution in [-0.4, -0.2) is 19.7 Å². The van der Waals surface area contributed by atoms with Gasteiger partial charge in [-0.2, -0.15) is 5.10 Å². The number of nitrogens with zero attached hydrogens (tertiary/aromatic N) is 3. The molecule has 0 spiro atoms. The van der Waals surface area contributed by atoms with Gasteiger partial charge in [0.15, 0.2) is 4.77 Å². The summed E-state index contributed by atoms with van der Waals surface area (Å²) in [5.74, 6) is 1.36. The van der Waals surface area contributed by atoms with Gasteiger partial charge in [-0.3, -0.25) is 9.67 Å². The lowest BCUT2D eigenvalue weighted by Crippen LogP contribution is -2.06.